The molecular formula is C15H19N3. The van der Waals surface area contributed by atoms with Crippen molar-refractivity contribution < 1.29 is 0 Å². The zero-order valence-electron chi connectivity index (χ0n) is 10.8. The van der Waals surface area contributed by atoms with Gasteiger partial charge in [-0.1, -0.05) is 29.8 Å². The molecule has 0 unspecified atom stereocenters. The molecule has 0 atom stereocenters. The van der Waals surface area contributed by atoms with Crippen molar-refractivity contribution in [2.45, 2.75) is 25.7 Å². The molecular weight excluding hydrogens is 222 g/mol. The van der Waals surface area contributed by atoms with Gasteiger partial charge in [-0.3, -0.25) is 5.10 Å². The predicted octanol–water partition coefficient (Wildman–Crippen LogP) is 3.10. The number of aromatic nitrogens is 2. The molecule has 1 saturated heterocycles. The molecule has 0 amide bonds. The first-order valence-corrected chi connectivity index (χ1v) is 6.64. The van der Waals surface area contributed by atoms with Crippen LogP contribution in [-0.2, 0) is 0 Å². The van der Waals surface area contributed by atoms with Gasteiger partial charge < -0.3 is 4.90 Å². The molecule has 1 aromatic carbocycles. The standard InChI is InChI=1S/C15H19N3/c1-12-3-2-4-14(11-12)13-6-9-18(10-7-13)15-5-8-16-17-15/h2-5,8,11,13H,6-7,9-10H2,1H3,(H,16,17). The second-order valence-electron chi connectivity index (χ2n) is 5.12. The smallest absolute Gasteiger partial charge is 0.123 e. The third-order valence-electron chi connectivity index (χ3n) is 3.84. The van der Waals surface area contributed by atoms with Crippen molar-refractivity contribution in [3.05, 3.63) is 47.7 Å². The van der Waals surface area contributed by atoms with Crippen LogP contribution in [0.25, 0.3) is 0 Å². The van der Waals surface area contributed by atoms with E-state index in [1.54, 1.807) is 0 Å². The maximum absolute atomic E-state index is 4.02. The highest BCUT2D eigenvalue weighted by molar-refractivity contribution is 5.38. The van der Waals surface area contributed by atoms with Gasteiger partial charge in [0.1, 0.15) is 5.82 Å². The molecule has 0 spiro atoms. The maximum Gasteiger partial charge on any atom is 0.123 e. The zero-order valence-corrected chi connectivity index (χ0v) is 10.8. The molecule has 3 nitrogen and oxygen atoms in total. The number of piperidine rings is 1. The summed E-state index contributed by atoms with van der Waals surface area (Å²) in [7, 11) is 0. The van der Waals surface area contributed by atoms with E-state index in [0.29, 0.717) is 5.92 Å². The Balaban J connectivity index is 1.67. The molecule has 0 bridgehead atoms. The van der Waals surface area contributed by atoms with Gasteiger partial charge in [0.05, 0.1) is 6.20 Å². The minimum atomic E-state index is 0.712. The molecule has 2 heterocycles. The molecule has 0 aliphatic carbocycles. The minimum absolute atomic E-state index is 0.712. The zero-order chi connectivity index (χ0) is 12.4. The number of aromatic amines is 1. The highest BCUT2D eigenvalue weighted by atomic mass is 15.3. The van der Waals surface area contributed by atoms with Crippen LogP contribution in [0, 0.1) is 6.92 Å². The lowest BCUT2D eigenvalue weighted by atomic mass is 9.89. The van der Waals surface area contributed by atoms with E-state index in [1.165, 1.54) is 24.0 Å². The van der Waals surface area contributed by atoms with E-state index in [1.807, 2.05) is 12.3 Å². The molecule has 3 rings (SSSR count). The Morgan fingerprint density at radius 2 is 2.06 bits per heavy atom. The van der Waals surface area contributed by atoms with Gasteiger partial charge in [0, 0.05) is 19.2 Å². The van der Waals surface area contributed by atoms with Crippen molar-refractivity contribution in [2.75, 3.05) is 18.0 Å². The first-order valence-electron chi connectivity index (χ1n) is 6.64. The lowest BCUT2D eigenvalue weighted by Gasteiger charge is -2.32. The molecule has 0 saturated carbocycles. The van der Waals surface area contributed by atoms with E-state index in [2.05, 4.69) is 46.3 Å². The Hall–Kier alpha value is -1.77. The summed E-state index contributed by atoms with van der Waals surface area (Å²) >= 11 is 0. The van der Waals surface area contributed by atoms with E-state index in [-0.39, 0.29) is 0 Å². The molecule has 1 fully saturated rings. The SMILES string of the molecule is Cc1cccc(C2CCN(c3ccn[nH]3)CC2)c1. The van der Waals surface area contributed by atoms with Crippen LogP contribution in [-0.4, -0.2) is 23.3 Å². The van der Waals surface area contributed by atoms with Crippen LogP contribution >= 0.6 is 0 Å². The van der Waals surface area contributed by atoms with Gasteiger partial charge in [-0.15, -0.1) is 0 Å². The molecule has 94 valence electrons. The van der Waals surface area contributed by atoms with Gasteiger partial charge in [-0.25, -0.2) is 0 Å². The van der Waals surface area contributed by atoms with Gasteiger partial charge >= 0.3 is 0 Å². The molecule has 0 radical (unpaired) electrons. The Morgan fingerprint density at radius 1 is 1.22 bits per heavy atom. The third-order valence-corrected chi connectivity index (χ3v) is 3.84. The van der Waals surface area contributed by atoms with Gasteiger partial charge in [0.15, 0.2) is 0 Å². The van der Waals surface area contributed by atoms with Gasteiger partial charge in [-0.2, -0.15) is 5.10 Å². The molecule has 3 heteroatoms. The first kappa shape index (κ1) is 11.3. The van der Waals surface area contributed by atoms with E-state index in [0.717, 1.165) is 18.9 Å². The quantitative estimate of drug-likeness (QED) is 0.876. The summed E-state index contributed by atoms with van der Waals surface area (Å²) in [6.45, 7) is 4.39. The fourth-order valence-corrected chi connectivity index (χ4v) is 2.80. The number of nitrogens with one attached hydrogen (secondary N) is 1. The number of rotatable bonds is 2. The summed E-state index contributed by atoms with van der Waals surface area (Å²) in [6.07, 6.45) is 4.27. The summed E-state index contributed by atoms with van der Waals surface area (Å²) in [5.74, 6) is 1.86. The summed E-state index contributed by atoms with van der Waals surface area (Å²) in [5.41, 5.74) is 2.86. The van der Waals surface area contributed by atoms with E-state index in [9.17, 15) is 0 Å². The molecule has 1 N–H and O–H groups in total. The number of H-pyrrole nitrogens is 1. The monoisotopic (exact) mass is 241 g/mol. The number of hydrogen-bond donors (Lipinski definition) is 1. The maximum atomic E-state index is 4.02. The minimum Gasteiger partial charge on any atom is -0.357 e. The Kier molecular flexibility index (Phi) is 3.05. The number of benzene rings is 1. The van der Waals surface area contributed by atoms with E-state index < -0.39 is 0 Å². The highest BCUT2D eigenvalue weighted by Gasteiger charge is 2.21. The molecule has 1 aliphatic rings. The van der Waals surface area contributed by atoms with Crippen LogP contribution in [0.3, 0.4) is 0 Å². The Morgan fingerprint density at radius 3 is 2.72 bits per heavy atom. The molecule has 1 aromatic heterocycles. The van der Waals surface area contributed by atoms with Crippen molar-refractivity contribution in [3.8, 4) is 0 Å². The van der Waals surface area contributed by atoms with Gasteiger partial charge in [0.25, 0.3) is 0 Å². The van der Waals surface area contributed by atoms with Crippen molar-refractivity contribution in [1.29, 1.82) is 0 Å². The Labute approximate surface area is 108 Å². The van der Waals surface area contributed by atoms with Crippen molar-refractivity contribution >= 4 is 5.82 Å². The van der Waals surface area contributed by atoms with E-state index in [4.69, 9.17) is 0 Å². The average Bonchev–Trinajstić information content (AvgIpc) is 2.93. The first-order chi connectivity index (χ1) is 8.83. The fraction of sp³-hybridized carbons (Fsp3) is 0.400. The highest BCUT2D eigenvalue weighted by Crippen LogP contribution is 2.29. The largest absolute Gasteiger partial charge is 0.357 e. The summed E-state index contributed by atoms with van der Waals surface area (Å²) in [6, 6.07) is 11.0. The lowest BCUT2D eigenvalue weighted by molar-refractivity contribution is 0.502. The van der Waals surface area contributed by atoms with Crippen molar-refractivity contribution in [1.82, 2.24) is 10.2 Å². The predicted molar refractivity (Wildman–Crippen MR) is 74.0 cm³/mol. The summed E-state index contributed by atoms with van der Waals surface area (Å²) in [4.78, 5) is 2.39. The summed E-state index contributed by atoms with van der Waals surface area (Å²) in [5, 5.41) is 7.07. The Bertz CT molecular complexity index is 496. The number of aryl methyl sites for hydroxylation is 1. The third kappa shape index (κ3) is 2.26. The van der Waals surface area contributed by atoms with Crippen LogP contribution in [0.15, 0.2) is 36.5 Å². The molecule has 1 aliphatic heterocycles. The van der Waals surface area contributed by atoms with Crippen LogP contribution < -0.4 is 4.90 Å². The average molecular weight is 241 g/mol. The van der Waals surface area contributed by atoms with Crippen LogP contribution in [0.5, 0.6) is 0 Å². The second kappa shape index (κ2) is 4.84. The van der Waals surface area contributed by atoms with Crippen molar-refractivity contribution in [2.24, 2.45) is 0 Å². The topological polar surface area (TPSA) is 31.9 Å². The number of nitrogens with zero attached hydrogens (tertiary/aromatic N) is 2. The number of anilines is 1. The molecule has 18 heavy (non-hydrogen) atoms. The van der Waals surface area contributed by atoms with E-state index >= 15 is 0 Å². The molecule has 2 aromatic rings. The second-order valence-corrected chi connectivity index (χ2v) is 5.12. The van der Waals surface area contributed by atoms with Crippen LogP contribution in [0.1, 0.15) is 29.9 Å². The van der Waals surface area contributed by atoms with Gasteiger partial charge in [0.2, 0.25) is 0 Å². The number of hydrogen-bond acceptors (Lipinski definition) is 2. The lowest BCUT2D eigenvalue weighted by Crippen LogP contribution is -2.33. The van der Waals surface area contributed by atoms with Crippen LogP contribution in [0.2, 0.25) is 0 Å². The normalized spacial score (nSPS) is 17.1. The van der Waals surface area contributed by atoms with Crippen LogP contribution in [0.4, 0.5) is 5.82 Å². The fourth-order valence-electron chi connectivity index (χ4n) is 2.80. The van der Waals surface area contributed by atoms with Crippen molar-refractivity contribution in [3.63, 3.8) is 0 Å². The van der Waals surface area contributed by atoms with Gasteiger partial charge in [-0.05, 0) is 31.2 Å². The summed E-state index contributed by atoms with van der Waals surface area (Å²) < 4.78 is 0.